The van der Waals surface area contributed by atoms with Gasteiger partial charge in [-0.05, 0) is 22.8 Å². The van der Waals surface area contributed by atoms with Crippen LogP contribution in [0.1, 0.15) is 12.8 Å². The number of allylic oxidation sites excluding steroid dienone is 1. The molecule has 0 nitrogen and oxygen atoms in total. The molecular weight excluding hydrogens is 211 g/mol. The maximum absolute atomic E-state index is 3.61. The zero-order chi connectivity index (χ0) is 5.82. The van der Waals surface area contributed by atoms with E-state index >= 15 is 0 Å². The van der Waals surface area contributed by atoms with Gasteiger partial charge in [-0.25, -0.2) is 0 Å². The van der Waals surface area contributed by atoms with Gasteiger partial charge >= 0.3 is 0 Å². The topological polar surface area (TPSA) is 0 Å². The van der Waals surface area contributed by atoms with Crippen LogP contribution in [0.2, 0.25) is 0 Å². The summed E-state index contributed by atoms with van der Waals surface area (Å²) in [6.45, 7) is 3.61. The monoisotopic (exact) mass is 220 g/mol. The molecule has 0 aliphatic carbocycles. The van der Waals surface area contributed by atoms with Gasteiger partial charge in [-0.15, -0.1) is 26.5 Å². The highest BCUT2D eigenvalue weighted by molar-refractivity contribution is 14.2. The first-order chi connectivity index (χ1) is 3.93. The smallest absolute Gasteiger partial charge is 0.000836 e. The van der Waals surface area contributed by atoms with Crippen molar-refractivity contribution in [3.8, 4) is 0 Å². The Hall–Kier alpha value is 0.120. The van der Waals surface area contributed by atoms with Crippen LogP contribution in [0, 0.1) is 0 Å². The fourth-order valence-corrected chi connectivity index (χ4v) is 2.90. The van der Waals surface area contributed by atoms with E-state index in [1.54, 1.807) is 0 Å². The zero-order valence-electron chi connectivity index (χ0n) is 4.78. The number of hydrogen-bond acceptors (Lipinski definition) is 0. The molecule has 1 rings (SSSR count). The molecule has 0 amide bonds. The molecule has 0 aromatic rings. The van der Waals surface area contributed by atoms with Crippen LogP contribution in [0.3, 0.4) is 0 Å². The van der Waals surface area contributed by atoms with Gasteiger partial charge in [0.05, 0.1) is 0 Å². The van der Waals surface area contributed by atoms with Crippen molar-refractivity contribution in [2.45, 2.75) is 12.8 Å². The Kier molecular flexibility index (Phi) is 2.50. The Morgan fingerprint density at radius 3 is 3.00 bits per heavy atom. The third-order valence-electron chi connectivity index (χ3n) is 1.19. The molecule has 0 spiro atoms. The molecule has 0 saturated heterocycles. The van der Waals surface area contributed by atoms with Crippen LogP contribution in [-0.4, -0.2) is 8.44 Å². The highest BCUT2D eigenvalue weighted by atomic mass is 127. The Bertz CT molecular complexity index is 150. The van der Waals surface area contributed by atoms with Crippen molar-refractivity contribution in [3.05, 3.63) is 17.9 Å². The van der Waals surface area contributed by atoms with Crippen molar-refractivity contribution in [1.82, 2.24) is 0 Å². The number of halogens is 1. The van der Waals surface area contributed by atoms with E-state index in [1.807, 2.05) is 0 Å². The summed E-state index contributed by atoms with van der Waals surface area (Å²) in [5.41, 5.74) is 4.37. The molecule has 0 N–H and O–H groups in total. The van der Waals surface area contributed by atoms with E-state index in [0.29, 0.717) is 20.7 Å². The van der Waals surface area contributed by atoms with Crippen LogP contribution in [0.5, 0.6) is 0 Å². The van der Waals surface area contributed by atoms with Crippen LogP contribution in [-0.2, 0) is 0 Å². The van der Waals surface area contributed by atoms with Gasteiger partial charge in [0.2, 0.25) is 0 Å². The SMILES string of the molecule is C=C=C1CC=ICC1. The second-order valence-electron chi connectivity index (χ2n) is 1.73. The first-order valence-electron chi connectivity index (χ1n) is 2.70. The fourth-order valence-electron chi connectivity index (χ4n) is 0.656. The summed E-state index contributed by atoms with van der Waals surface area (Å²) in [7, 11) is 0. The van der Waals surface area contributed by atoms with Gasteiger partial charge in [0, 0.05) is 0 Å². The average Bonchev–Trinajstić information content (AvgIpc) is 1.90. The van der Waals surface area contributed by atoms with Crippen molar-refractivity contribution in [2.24, 2.45) is 0 Å². The molecule has 0 bridgehead atoms. The molecule has 0 saturated carbocycles. The third kappa shape index (κ3) is 1.57. The lowest BCUT2D eigenvalue weighted by Crippen LogP contribution is -1.88. The molecule has 1 heterocycles. The molecular formula is C7H9I. The van der Waals surface area contributed by atoms with E-state index in [9.17, 15) is 0 Å². The molecule has 8 heavy (non-hydrogen) atoms. The lowest BCUT2D eigenvalue weighted by atomic mass is 10.2. The van der Waals surface area contributed by atoms with E-state index in [2.05, 4.69) is 16.3 Å². The predicted octanol–water partition coefficient (Wildman–Crippen LogP) is 2.26. The van der Waals surface area contributed by atoms with Crippen molar-refractivity contribution >= 4 is 24.7 Å². The summed E-state index contributed by atoms with van der Waals surface area (Å²) in [6.07, 6.45) is 2.45. The normalized spacial score (nSPS) is 19.2. The minimum atomic E-state index is 0.468. The molecule has 44 valence electrons. The quantitative estimate of drug-likeness (QED) is 0.333. The van der Waals surface area contributed by atoms with Crippen molar-refractivity contribution in [2.75, 3.05) is 4.43 Å². The molecule has 0 atom stereocenters. The summed E-state index contributed by atoms with van der Waals surface area (Å²) in [4.78, 5) is 0. The Balaban J connectivity index is 2.63. The largest absolute Gasteiger partial charge is 0.129 e. The van der Waals surface area contributed by atoms with Crippen molar-refractivity contribution < 1.29 is 0 Å². The maximum Gasteiger partial charge on any atom is -0.000836 e. The standard InChI is InChI=1S/C7H9I/c1-2-7-3-5-8-6-4-7/h5H,1,3-4,6H2. The van der Waals surface area contributed by atoms with Crippen LogP contribution in [0.15, 0.2) is 17.9 Å². The second kappa shape index (κ2) is 3.21. The minimum Gasteiger partial charge on any atom is -0.129 e. The first-order valence-corrected chi connectivity index (χ1v) is 5.48. The number of rotatable bonds is 0. The number of alkyl halides is 1. The summed E-state index contributed by atoms with van der Waals surface area (Å²) in [5, 5.41) is 0. The Morgan fingerprint density at radius 1 is 1.75 bits per heavy atom. The predicted molar refractivity (Wildman–Crippen MR) is 46.8 cm³/mol. The maximum atomic E-state index is 3.61. The summed E-state index contributed by atoms with van der Waals surface area (Å²) >= 11 is 0.468. The first kappa shape index (κ1) is 6.24. The summed E-state index contributed by atoms with van der Waals surface area (Å²) in [6, 6.07) is 0. The fraction of sp³-hybridized carbons (Fsp3) is 0.429. The molecule has 1 aliphatic heterocycles. The molecule has 0 unspecified atom stereocenters. The van der Waals surface area contributed by atoms with Gasteiger partial charge in [-0.1, -0.05) is 10.6 Å². The molecule has 0 radical (unpaired) electrons. The van der Waals surface area contributed by atoms with E-state index < -0.39 is 0 Å². The van der Waals surface area contributed by atoms with E-state index in [1.165, 1.54) is 22.8 Å². The van der Waals surface area contributed by atoms with Gasteiger partial charge in [-0.2, -0.15) is 0 Å². The summed E-state index contributed by atoms with van der Waals surface area (Å²) < 4.78 is 3.83. The van der Waals surface area contributed by atoms with Gasteiger partial charge in [0.15, 0.2) is 0 Å². The zero-order valence-corrected chi connectivity index (χ0v) is 6.94. The van der Waals surface area contributed by atoms with Crippen LogP contribution < -0.4 is 0 Å². The van der Waals surface area contributed by atoms with Crippen molar-refractivity contribution in [1.29, 1.82) is 0 Å². The minimum absolute atomic E-state index is 0.468. The summed E-state index contributed by atoms with van der Waals surface area (Å²) in [5.74, 6) is 0. The Labute approximate surface area is 60.0 Å². The van der Waals surface area contributed by atoms with Crippen molar-refractivity contribution in [3.63, 3.8) is 0 Å². The average molecular weight is 220 g/mol. The molecule has 0 aromatic heterocycles. The van der Waals surface area contributed by atoms with Crippen LogP contribution >= 0.6 is 20.7 Å². The molecule has 1 aliphatic rings. The molecule has 0 aromatic carbocycles. The molecule has 0 fully saturated rings. The second-order valence-corrected chi connectivity index (χ2v) is 4.57. The highest BCUT2D eigenvalue weighted by Gasteiger charge is 1.96. The Morgan fingerprint density at radius 2 is 2.62 bits per heavy atom. The lowest BCUT2D eigenvalue weighted by molar-refractivity contribution is 1.10. The van der Waals surface area contributed by atoms with Crippen LogP contribution in [0.4, 0.5) is 0 Å². The highest BCUT2D eigenvalue weighted by Crippen LogP contribution is 2.15. The lowest BCUT2D eigenvalue weighted by Gasteiger charge is -2.02. The van der Waals surface area contributed by atoms with Gasteiger partial charge in [-0.3, -0.25) is 0 Å². The van der Waals surface area contributed by atoms with E-state index in [-0.39, 0.29) is 0 Å². The van der Waals surface area contributed by atoms with E-state index in [0.717, 1.165) is 0 Å². The van der Waals surface area contributed by atoms with Crippen LogP contribution in [0.25, 0.3) is 0 Å². The van der Waals surface area contributed by atoms with Gasteiger partial charge < -0.3 is 0 Å². The third-order valence-corrected chi connectivity index (χ3v) is 3.41. The van der Waals surface area contributed by atoms with Gasteiger partial charge in [0.25, 0.3) is 0 Å². The number of hydrogen-bond donors (Lipinski definition) is 0. The molecule has 1 heteroatoms. The van der Waals surface area contributed by atoms with E-state index in [4.69, 9.17) is 0 Å². The van der Waals surface area contributed by atoms with Gasteiger partial charge in [0.1, 0.15) is 0 Å².